The van der Waals surface area contributed by atoms with Crippen molar-refractivity contribution >= 4 is 6.29 Å². The van der Waals surface area contributed by atoms with Gasteiger partial charge in [0.2, 0.25) is 0 Å². The molecule has 1 nitrogen and oxygen atoms in total. The third-order valence-corrected chi connectivity index (χ3v) is 11.2. The smallest absolute Gasteiger partial charge is 0.142 e. The molecule has 4 aliphatic carbocycles. The van der Waals surface area contributed by atoms with Gasteiger partial charge in [0.25, 0.3) is 0 Å². The minimum atomic E-state index is 0.538. The molecule has 4 saturated carbocycles. The van der Waals surface area contributed by atoms with Crippen LogP contribution in [0.1, 0.15) is 111 Å². The van der Waals surface area contributed by atoms with Gasteiger partial charge in [-0.2, -0.15) is 0 Å². The van der Waals surface area contributed by atoms with Gasteiger partial charge in [-0.15, -0.1) is 0 Å². The second-order valence-corrected chi connectivity index (χ2v) is 12.5. The van der Waals surface area contributed by atoms with Crippen molar-refractivity contribution in [3.8, 4) is 0 Å². The fourth-order valence-electron chi connectivity index (χ4n) is 9.56. The standard InChI is InChI=1S/C29H48O/c1-21(10-8-20-30)9-7-11-22(2)25-15-16-26-24-14-13-23-12-5-6-18-28(23,3)27(24)17-19-29(25,26)4/h8,10,20-27H,5-7,9,11-19H2,1-4H3/t21?,22-,23?,24+,25-,26+,27+,28+,29-/m1/s1. The molecule has 0 saturated heterocycles. The summed E-state index contributed by atoms with van der Waals surface area (Å²) in [6.45, 7) is 10.2. The van der Waals surface area contributed by atoms with E-state index >= 15 is 0 Å². The molecule has 4 rings (SSSR count). The maximum atomic E-state index is 10.5. The van der Waals surface area contributed by atoms with Gasteiger partial charge in [0.05, 0.1) is 0 Å². The molecule has 0 aromatic carbocycles. The van der Waals surface area contributed by atoms with Crippen LogP contribution in [-0.2, 0) is 4.79 Å². The molecule has 1 heteroatoms. The van der Waals surface area contributed by atoms with Crippen LogP contribution in [0.5, 0.6) is 0 Å². The minimum absolute atomic E-state index is 0.538. The first kappa shape index (κ1) is 22.6. The van der Waals surface area contributed by atoms with E-state index in [-0.39, 0.29) is 0 Å². The predicted molar refractivity (Wildman–Crippen MR) is 127 cm³/mol. The largest absolute Gasteiger partial charge is 0.299 e. The van der Waals surface area contributed by atoms with Crippen LogP contribution in [0.2, 0.25) is 0 Å². The monoisotopic (exact) mass is 412 g/mol. The molecule has 9 atom stereocenters. The molecule has 4 fully saturated rings. The summed E-state index contributed by atoms with van der Waals surface area (Å²) < 4.78 is 0. The Morgan fingerprint density at radius 3 is 2.47 bits per heavy atom. The summed E-state index contributed by atoms with van der Waals surface area (Å²) in [5.74, 6) is 6.47. The number of carbonyl (C=O) groups is 1. The topological polar surface area (TPSA) is 17.1 Å². The number of hydrogen-bond acceptors (Lipinski definition) is 1. The Kier molecular flexibility index (Phi) is 6.86. The van der Waals surface area contributed by atoms with Crippen LogP contribution in [0, 0.1) is 52.3 Å². The van der Waals surface area contributed by atoms with Crippen molar-refractivity contribution in [2.45, 2.75) is 111 Å². The summed E-state index contributed by atoms with van der Waals surface area (Å²) in [4.78, 5) is 10.5. The predicted octanol–water partition coefficient (Wildman–Crippen LogP) is 8.23. The van der Waals surface area contributed by atoms with E-state index in [1.807, 2.05) is 0 Å². The fourth-order valence-corrected chi connectivity index (χ4v) is 9.56. The second-order valence-electron chi connectivity index (χ2n) is 12.5. The average Bonchev–Trinajstić information content (AvgIpc) is 3.09. The van der Waals surface area contributed by atoms with Crippen LogP contribution in [0.25, 0.3) is 0 Å². The van der Waals surface area contributed by atoms with Gasteiger partial charge in [-0.25, -0.2) is 0 Å². The van der Waals surface area contributed by atoms with Crippen molar-refractivity contribution in [1.82, 2.24) is 0 Å². The number of allylic oxidation sites excluding steroid dienone is 2. The number of aldehydes is 1. The van der Waals surface area contributed by atoms with Gasteiger partial charge in [-0.1, -0.05) is 59.5 Å². The summed E-state index contributed by atoms with van der Waals surface area (Å²) in [6, 6.07) is 0. The van der Waals surface area contributed by atoms with Crippen LogP contribution in [0.15, 0.2) is 12.2 Å². The van der Waals surface area contributed by atoms with Crippen molar-refractivity contribution in [3.63, 3.8) is 0 Å². The first-order valence-corrected chi connectivity index (χ1v) is 13.5. The molecular weight excluding hydrogens is 364 g/mol. The maximum Gasteiger partial charge on any atom is 0.142 e. The van der Waals surface area contributed by atoms with Crippen molar-refractivity contribution in [1.29, 1.82) is 0 Å². The Labute approximate surface area is 186 Å². The lowest BCUT2D eigenvalue weighted by Gasteiger charge is -2.61. The zero-order valence-electron chi connectivity index (χ0n) is 20.4. The van der Waals surface area contributed by atoms with E-state index in [1.54, 1.807) is 12.5 Å². The summed E-state index contributed by atoms with van der Waals surface area (Å²) in [5.41, 5.74) is 1.29. The summed E-state index contributed by atoms with van der Waals surface area (Å²) >= 11 is 0. The van der Waals surface area contributed by atoms with Crippen LogP contribution in [0.3, 0.4) is 0 Å². The number of fused-ring (bicyclic) bond motifs is 5. The van der Waals surface area contributed by atoms with E-state index in [9.17, 15) is 4.79 Å². The molecule has 0 aliphatic heterocycles. The number of hydrogen-bond donors (Lipinski definition) is 0. The van der Waals surface area contributed by atoms with Gasteiger partial charge in [0.1, 0.15) is 6.29 Å². The highest BCUT2D eigenvalue weighted by Crippen LogP contribution is 2.68. The quantitative estimate of drug-likeness (QED) is 0.304. The molecule has 30 heavy (non-hydrogen) atoms. The van der Waals surface area contributed by atoms with Gasteiger partial charge in [-0.05, 0) is 116 Å². The molecule has 0 spiro atoms. The lowest BCUT2D eigenvalue weighted by molar-refractivity contribution is -0.114. The van der Waals surface area contributed by atoms with Crippen molar-refractivity contribution in [2.24, 2.45) is 52.3 Å². The van der Waals surface area contributed by atoms with Gasteiger partial charge < -0.3 is 0 Å². The summed E-state index contributed by atoms with van der Waals surface area (Å²) in [7, 11) is 0. The van der Waals surface area contributed by atoms with E-state index in [1.165, 1.54) is 77.0 Å². The van der Waals surface area contributed by atoms with Gasteiger partial charge in [0, 0.05) is 0 Å². The lowest BCUT2D eigenvalue weighted by atomic mass is 9.44. The molecule has 0 aromatic heterocycles. The van der Waals surface area contributed by atoms with Gasteiger partial charge in [-0.3, -0.25) is 4.79 Å². The maximum absolute atomic E-state index is 10.5. The van der Waals surface area contributed by atoms with E-state index < -0.39 is 0 Å². The zero-order valence-corrected chi connectivity index (χ0v) is 20.4. The third kappa shape index (κ3) is 3.97. The van der Waals surface area contributed by atoms with Gasteiger partial charge in [0.15, 0.2) is 0 Å². The Bertz CT molecular complexity index is 622. The second kappa shape index (κ2) is 9.11. The minimum Gasteiger partial charge on any atom is -0.299 e. The highest BCUT2D eigenvalue weighted by molar-refractivity contribution is 5.64. The summed E-state index contributed by atoms with van der Waals surface area (Å²) in [5, 5.41) is 0. The Balaban J connectivity index is 1.39. The average molecular weight is 413 g/mol. The molecule has 170 valence electrons. The first-order valence-electron chi connectivity index (χ1n) is 13.5. The highest BCUT2D eigenvalue weighted by atomic mass is 16.1. The van der Waals surface area contributed by atoms with E-state index in [4.69, 9.17) is 0 Å². The number of carbonyl (C=O) groups excluding carboxylic acids is 1. The van der Waals surface area contributed by atoms with Crippen molar-refractivity contribution < 1.29 is 4.79 Å². The Morgan fingerprint density at radius 1 is 0.867 bits per heavy atom. The van der Waals surface area contributed by atoms with Crippen LogP contribution in [0.4, 0.5) is 0 Å². The van der Waals surface area contributed by atoms with E-state index in [0.717, 1.165) is 41.8 Å². The molecule has 0 aromatic rings. The normalized spacial score (nSPS) is 45.4. The molecule has 0 N–H and O–H groups in total. The molecule has 0 heterocycles. The van der Waals surface area contributed by atoms with Crippen LogP contribution < -0.4 is 0 Å². The van der Waals surface area contributed by atoms with Crippen LogP contribution in [-0.4, -0.2) is 6.29 Å². The molecule has 4 aliphatic rings. The summed E-state index contributed by atoms with van der Waals surface area (Å²) in [6.07, 6.45) is 23.8. The highest BCUT2D eigenvalue weighted by Gasteiger charge is 2.59. The molecule has 0 bridgehead atoms. The number of rotatable bonds is 7. The third-order valence-electron chi connectivity index (χ3n) is 11.2. The fraction of sp³-hybridized carbons (Fsp3) is 0.897. The van der Waals surface area contributed by atoms with Gasteiger partial charge >= 0.3 is 0 Å². The molecule has 0 radical (unpaired) electrons. The molecular formula is C29H48O. The van der Waals surface area contributed by atoms with E-state index in [0.29, 0.717) is 16.7 Å². The molecule has 2 unspecified atom stereocenters. The SMILES string of the molecule is CC(C=CC=O)CCC[C@@H](C)[C@H]1CC[C@H]2[C@@H]3CCC4CCCC[C@]4(C)[C@H]3CC[C@]12C. The van der Waals surface area contributed by atoms with Crippen molar-refractivity contribution in [3.05, 3.63) is 12.2 Å². The Hall–Kier alpha value is -0.590. The van der Waals surface area contributed by atoms with Crippen molar-refractivity contribution in [2.75, 3.05) is 0 Å². The Morgan fingerprint density at radius 2 is 1.67 bits per heavy atom. The first-order chi connectivity index (χ1) is 14.4. The lowest BCUT2D eigenvalue weighted by Crippen LogP contribution is -2.53. The van der Waals surface area contributed by atoms with Crippen LogP contribution >= 0.6 is 0 Å². The van der Waals surface area contributed by atoms with E-state index in [2.05, 4.69) is 33.8 Å². The molecule has 0 amide bonds. The zero-order chi connectivity index (χ0) is 21.4.